The molecule has 0 bridgehead atoms. The molecule has 1 aromatic carbocycles. The number of carbonyl (C=O) groups is 1. The Morgan fingerprint density at radius 3 is 2.57 bits per heavy atom. The lowest BCUT2D eigenvalue weighted by Crippen LogP contribution is -2.13. The van der Waals surface area contributed by atoms with Crippen LogP contribution in [0.5, 0.6) is 0 Å². The molecule has 30 heavy (non-hydrogen) atoms. The van der Waals surface area contributed by atoms with E-state index in [2.05, 4.69) is 21.4 Å². The first kappa shape index (κ1) is 19.4. The minimum absolute atomic E-state index is 0.106. The SMILES string of the molecule is Cc1ccc(-c2c(C#N)c(N)nc3sc(C(=O)Nc4ncccc4C)c(N)c23)cc1. The van der Waals surface area contributed by atoms with E-state index in [4.69, 9.17) is 11.5 Å². The number of anilines is 3. The van der Waals surface area contributed by atoms with E-state index in [-0.39, 0.29) is 23.0 Å². The first-order valence-electron chi connectivity index (χ1n) is 9.12. The van der Waals surface area contributed by atoms with Crippen molar-refractivity contribution in [1.82, 2.24) is 9.97 Å². The van der Waals surface area contributed by atoms with Crippen molar-refractivity contribution in [2.24, 2.45) is 0 Å². The predicted octanol–water partition coefficient (Wildman–Crippen LogP) is 4.26. The molecule has 4 aromatic rings. The van der Waals surface area contributed by atoms with E-state index in [0.29, 0.717) is 26.5 Å². The lowest BCUT2D eigenvalue weighted by Gasteiger charge is -2.10. The van der Waals surface area contributed by atoms with E-state index in [0.717, 1.165) is 28.0 Å². The van der Waals surface area contributed by atoms with Crippen LogP contribution < -0.4 is 16.8 Å². The van der Waals surface area contributed by atoms with E-state index >= 15 is 0 Å². The molecule has 0 saturated carbocycles. The number of fused-ring (bicyclic) bond motifs is 1. The lowest BCUT2D eigenvalue weighted by atomic mass is 9.96. The van der Waals surface area contributed by atoms with E-state index in [9.17, 15) is 10.1 Å². The summed E-state index contributed by atoms with van der Waals surface area (Å²) in [6, 6.07) is 13.5. The van der Waals surface area contributed by atoms with Crippen LogP contribution in [0.3, 0.4) is 0 Å². The minimum Gasteiger partial charge on any atom is -0.397 e. The maximum atomic E-state index is 12.9. The van der Waals surface area contributed by atoms with Gasteiger partial charge in [-0.15, -0.1) is 11.3 Å². The smallest absolute Gasteiger partial charge is 0.269 e. The monoisotopic (exact) mass is 414 g/mol. The van der Waals surface area contributed by atoms with E-state index < -0.39 is 0 Å². The third-order valence-electron chi connectivity index (χ3n) is 4.80. The Morgan fingerprint density at radius 2 is 1.90 bits per heavy atom. The molecule has 0 saturated heterocycles. The maximum absolute atomic E-state index is 12.9. The molecule has 148 valence electrons. The van der Waals surface area contributed by atoms with Gasteiger partial charge >= 0.3 is 0 Å². The van der Waals surface area contributed by atoms with Crippen molar-refractivity contribution in [2.75, 3.05) is 16.8 Å². The number of nitrogens with zero attached hydrogens (tertiary/aromatic N) is 3. The van der Waals surface area contributed by atoms with Crippen molar-refractivity contribution >= 4 is 44.8 Å². The quantitative estimate of drug-likeness (QED) is 0.459. The molecule has 5 N–H and O–H groups in total. The molecule has 0 radical (unpaired) electrons. The Balaban J connectivity index is 1.91. The highest BCUT2D eigenvalue weighted by Crippen LogP contribution is 2.42. The number of aryl methyl sites for hydroxylation is 2. The summed E-state index contributed by atoms with van der Waals surface area (Å²) < 4.78 is 0. The maximum Gasteiger partial charge on any atom is 0.269 e. The molecule has 8 heteroatoms. The number of nitriles is 1. The molecule has 4 rings (SSSR count). The fourth-order valence-corrected chi connectivity index (χ4v) is 4.25. The number of carbonyl (C=O) groups excluding carboxylic acids is 1. The highest BCUT2D eigenvalue weighted by atomic mass is 32.1. The summed E-state index contributed by atoms with van der Waals surface area (Å²) in [6.45, 7) is 3.83. The zero-order chi connectivity index (χ0) is 21.4. The molecule has 0 atom stereocenters. The summed E-state index contributed by atoms with van der Waals surface area (Å²) >= 11 is 1.14. The van der Waals surface area contributed by atoms with Gasteiger partial charge in [0.15, 0.2) is 0 Å². The molecule has 1 amide bonds. The van der Waals surface area contributed by atoms with Crippen molar-refractivity contribution in [3.05, 3.63) is 64.2 Å². The molecule has 0 aliphatic rings. The normalized spacial score (nSPS) is 10.7. The fraction of sp³-hybridized carbons (Fsp3) is 0.0909. The van der Waals surface area contributed by atoms with Gasteiger partial charge in [0.05, 0.1) is 5.69 Å². The fourth-order valence-electron chi connectivity index (χ4n) is 3.24. The minimum atomic E-state index is -0.385. The lowest BCUT2D eigenvalue weighted by molar-refractivity contribution is 0.103. The van der Waals surface area contributed by atoms with Crippen LogP contribution in [0.25, 0.3) is 21.3 Å². The number of pyridine rings is 2. The van der Waals surface area contributed by atoms with Crippen molar-refractivity contribution < 1.29 is 4.79 Å². The number of hydrogen-bond acceptors (Lipinski definition) is 7. The third kappa shape index (κ3) is 3.21. The second-order valence-electron chi connectivity index (χ2n) is 6.87. The largest absolute Gasteiger partial charge is 0.397 e. The number of thiophene rings is 1. The Labute approximate surface area is 177 Å². The average molecular weight is 414 g/mol. The van der Waals surface area contributed by atoms with Crippen LogP contribution in [0.1, 0.15) is 26.4 Å². The molecule has 0 spiro atoms. The van der Waals surface area contributed by atoms with Gasteiger partial charge < -0.3 is 16.8 Å². The third-order valence-corrected chi connectivity index (χ3v) is 5.90. The first-order valence-corrected chi connectivity index (χ1v) is 9.94. The highest BCUT2D eigenvalue weighted by molar-refractivity contribution is 7.21. The summed E-state index contributed by atoms with van der Waals surface area (Å²) in [6.07, 6.45) is 1.60. The predicted molar refractivity (Wildman–Crippen MR) is 120 cm³/mol. The summed E-state index contributed by atoms with van der Waals surface area (Å²) in [5, 5.41) is 13.1. The summed E-state index contributed by atoms with van der Waals surface area (Å²) in [5.74, 6) is 0.182. The molecule has 0 aliphatic carbocycles. The van der Waals surface area contributed by atoms with Gasteiger partial charge in [-0.05, 0) is 31.0 Å². The highest BCUT2D eigenvalue weighted by Gasteiger charge is 2.24. The summed E-state index contributed by atoms with van der Waals surface area (Å²) in [5.41, 5.74) is 16.3. The summed E-state index contributed by atoms with van der Waals surface area (Å²) in [4.78, 5) is 22.3. The Hall–Kier alpha value is -3.96. The average Bonchev–Trinajstić information content (AvgIpc) is 3.05. The van der Waals surface area contributed by atoms with Crippen LogP contribution in [0.15, 0.2) is 42.6 Å². The van der Waals surface area contributed by atoms with Gasteiger partial charge in [0.25, 0.3) is 5.91 Å². The van der Waals surface area contributed by atoms with Crippen molar-refractivity contribution in [3.63, 3.8) is 0 Å². The van der Waals surface area contributed by atoms with Gasteiger partial charge in [-0.25, -0.2) is 9.97 Å². The molecule has 3 aromatic heterocycles. The summed E-state index contributed by atoms with van der Waals surface area (Å²) in [7, 11) is 0. The van der Waals surface area contributed by atoms with Crippen LogP contribution in [-0.4, -0.2) is 15.9 Å². The standard InChI is InChI=1S/C22H18N6OS/c1-11-5-7-13(8-6-11)15-14(10-23)19(25)27-22-16(15)17(24)18(30-22)21(29)28-20-12(2)4-3-9-26-20/h3-9H,24H2,1-2H3,(H2,25,27)(H,26,28,29). The van der Waals surface area contributed by atoms with Crippen molar-refractivity contribution in [1.29, 1.82) is 5.26 Å². The number of aromatic nitrogens is 2. The number of hydrogen-bond donors (Lipinski definition) is 3. The number of nitrogens with one attached hydrogen (secondary N) is 1. The molecular weight excluding hydrogens is 396 g/mol. The van der Waals surface area contributed by atoms with Gasteiger partial charge in [0.1, 0.15) is 33.0 Å². The molecule has 7 nitrogen and oxygen atoms in total. The number of nitrogens with two attached hydrogens (primary N) is 2. The van der Waals surface area contributed by atoms with Crippen LogP contribution >= 0.6 is 11.3 Å². The first-order chi connectivity index (χ1) is 14.4. The Morgan fingerprint density at radius 1 is 1.17 bits per heavy atom. The van der Waals surface area contributed by atoms with Crippen LogP contribution in [0, 0.1) is 25.2 Å². The topological polar surface area (TPSA) is 131 Å². The second kappa shape index (κ2) is 7.46. The van der Waals surface area contributed by atoms with Crippen molar-refractivity contribution in [2.45, 2.75) is 13.8 Å². The molecule has 3 heterocycles. The van der Waals surface area contributed by atoms with Gasteiger partial charge in [-0.2, -0.15) is 5.26 Å². The zero-order valence-electron chi connectivity index (χ0n) is 16.4. The number of nitrogen functional groups attached to an aromatic ring is 2. The number of benzene rings is 1. The van der Waals surface area contributed by atoms with E-state index in [1.165, 1.54) is 0 Å². The second-order valence-corrected chi connectivity index (χ2v) is 7.87. The van der Waals surface area contributed by atoms with Crippen LogP contribution in [-0.2, 0) is 0 Å². The molecule has 0 aliphatic heterocycles. The van der Waals surface area contributed by atoms with Gasteiger partial charge in [0, 0.05) is 17.1 Å². The number of rotatable bonds is 3. The van der Waals surface area contributed by atoms with Crippen LogP contribution in [0.4, 0.5) is 17.3 Å². The van der Waals surface area contributed by atoms with E-state index in [1.807, 2.05) is 44.2 Å². The van der Waals surface area contributed by atoms with Gasteiger partial charge in [0.2, 0.25) is 0 Å². The molecule has 0 fully saturated rings. The van der Waals surface area contributed by atoms with Gasteiger partial charge in [-0.1, -0.05) is 35.9 Å². The van der Waals surface area contributed by atoms with Crippen LogP contribution in [0.2, 0.25) is 0 Å². The van der Waals surface area contributed by atoms with E-state index in [1.54, 1.807) is 12.3 Å². The number of amides is 1. The van der Waals surface area contributed by atoms with Gasteiger partial charge in [-0.3, -0.25) is 4.79 Å². The zero-order valence-corrected chi connectivity index (χ0v) is 17.2. The Kier molecular flexibility index (Phi) is 4.82. The Bertz CT molecular complexity index is 1330. The van der Waals surface area contributed by atoms with Crippen molar-refractivity contribution in [3.8, 4) is 17.2 Å². The molecule has 0 unspecified atom stereocenters. The molecular formula is C22H18N6OS.